The molecule has 1 aromatic carbocycles. The molecule has 0 aromatic heterocycles. The number of benzene rings is 1. The number of ether oxygens (including phenoxy) is 1. The SMILES string of the molecule is CCOCC(NC(C)c1ccc2c(c1)CCC2)C(C)C. The van der Waals surface area contributed by atoms with Crippen molar-refractivity contribution in [2.24, 2.45) is 5.92 Å². The summed E-state index contributed by atoms with van der Waals surface area (Å²) in [6.07, 6.45) is 3.83. The third-order valence-electron chi connectivity index (χ3n) is 4.39. The van der Waals surface area contributed by atoms with Crippen molar-refractivity contribution < 1.29 is 4.74 Å². The summed E-state index contributed by atoms with van der Waals surface area (Å²) in [6, 6.07) is 7.81. The molecule has 1 aromatic rings. The van der Waals surface area contributed by atoms with E-state index in [9.17, 15) is 0 Å². The van der Waals surface area contributed by atoms with Crippen LogP contribution in [0.5, 0.6) is 0 Å². The lowest BCUT2D eigenvalue weighted by molar-refractivity contribution is 0.104. The molecule has 0 radical (unpaired) electrons. The number of rotatable bonds is 7. The Hall–Kier alpha value is -0.860. The van der Waals surface area contributed by atoms with Gasteiger partial charge in [-0.15, -0.1) is 0 Å². The molecule has 0 spiro atoms. The fourth-order valence-corrected chi connectivity index (χ4v) is 2.96. The Balaban J connectivity index is 2.00. The molecule has 0 aliphatic heterocycles. The van der Waals surface area contributed by atoms with Gasteiger partial charge in [0.15, 0.2) is 0 Å². The first-order chi connectivity index (χ1) is 9.61. The lowest BCUT2D eigenvalue weighted by Gasteiger charge is -2.27. The van der Waals surface area contributed by atoms with Crippen molar-refractivity contribution in [2.75, 3.05) is 13.2 Å². The summed E-state index contributed by atoms with van der Waals surface area (Å²) >= 11 is 0. The van der Waals surface area contributed by atoms with Crippen LogP contribution in [-0.4, -0.2) is 19.3 Å². The molecule has 0 fully saturated rings. The van der Waals surface area contributed by atoms with E-state index in [2.05, 4.69) is 51.2 Å². The molecule has 2 rings (SSSR count). The van der Waals surface area contributed by atoms with E-state index in [1.807, 2.05) is 0 Å². The van der Waals surface area contributed by atoms with E-state index in [1.165, 1.54) is 24.8 Å². The fraction of sp³-hybridized carbons (Fsp3) is 0.667. The van der Waals surface area contributed by atoms with E-state index in [0.29, 0.717) is 18.0 Å². The minimum atomic E-state index is 0.383. The van der Waals surface area contributed by atoms with Gasteiger partial charge in [0, 0.05) is 18.7 Å². The molecule has 0 amide bonds. The first kappa shape index (κ1) is 15.5. The average molecular weight is 275 g/mol. The van der Waals surface area contributed by atoms with Gasteiger partial charge in [0.25, 0.3) is 0 Å². The van der Waals surface area contributed by atoms with E-state index in [4.69, 9.17) is 4.74 Å². The molecule has 1 N–H and O–H groups in total. The molecule has 2 nitrogen and oxygen atoms in total. The smallest absolute Gasteiger partial charge is 0.0622 e. The van der Waals surface area contributed by atoms with Gasteiger partial charge in [0.1, 0.15) is 0 Å². The predicted octanol–water partition coefficient (Wildman–Crippen LogP) is 3.89. The number of nitrogens with one attached hydrogen (secondary N) is 1. The van der Waals surface area contributed by atoms with Crippen LogP contribution in [0.3, 0.4) is 0 Å². The highest BCUT2D eigenvalue weighted by atomic mass is 16.5. The predicted molar refractivity (Wildman–Crippen MR) is 85.1 cm³/mol. The minimum Gasteiger partial charge on any atom is -0.380 e. The zero-order valence-corrected chi connectivity index (χ0v) is 13.4. The van der Waals surface area contributed by atoms with E-state index < -0.39 is 0 Å². The van der Waals surface area contributed by atoms with Crippen LogP contribution in [-0.2, 0) is 17.6 Å². The van der Waals surface area contributed by atoms with Crippen LogP contribution in [0.1, 0.15) is 56.8 Å². The van der Waals surface area contributed by atoms with Gasteiger partial charge in [-0.25, -0.2) is 0 Å². The van der Waals surface area contributed by atoms with Crippen molar-refractivity contribution in [3.8, 4) is 0 Å². The van der Waals surface area contributed by atoms with Crippen molar-refractivity contribution in [1.29, 1.82) is 0 Å². The Bertz CT molecular complexity index is 427. The Morgan fingerprint density at radius 1 is 1.15 bits per heavy atom. The van der Waals surface area contributed by atoms with Crippen LogP contribution < -0.4 is 5.32 Å². The van der Waals surface area contributed by atoms with Crippen LogP contribution in [0, 0.1) is 5.92 Å². The van der Waals surface area contributed by atoms with Crippen LogP contribution in [0.15, 0.2) is 18.2 Å². The summed E-state index contributed by atoms with van der Waals surface area (Å²) < 4.78 is 5.61. The van der Waals surface area contributed by atoms with Gasteiger partial charge in [0.05, 0.1) is 6.61 Å². The topological polar surface area (TPSA) is 21.3 Å². The maximum Gasteiger partial charge on any atom is 0.0622 e. The maximum absolute atomic E-state index is 5.61. The standard InChI is InChI=1S/C18H29NO/c1-5-20-12-18(13(2)3)19-14(4)16-10-9-15-7-6-8-17(15)11-16/h9-11,13-14,18-19H,5-8,12H2,1-4H3. The third kappa shape index (κ3) is 3.83. The highest BCUT2D eigenvalue weighted by molar-refractivity contribution is 5.36. The molecule has 2 atom stereocenters. The van der Waals surface area contributed by atoms with Gasteiger partial charge in [-0.05, 0) is 55.7 Å². The quantitative estimate of drug-likeness (QED) is 0.815. The lowest BCUT2D eigenvalue weighted by Crippen LogP contribution is -2.39. The molecular weight excluding hydrogens is 246 g/mol. The second-order valence-electron chi connectivity index (χ2n) is 6.28. The second-order valence-corrected chi connectivity index (χ2v) is 6.28. The number of hydrogen-bond acceptors (Lipinski definition) is 2. The maximum atomic E-state index is 5.61. The van der Waals surface area contributed by atoms with E-state index in [0.717, 1.165) is 13.2 Å². The molecular formula is C18H29NO. The molecule has 20 heavy (non-hydrogen) atoms. The molecule has 112 valence electrons. The van der Waals surface area contributed by atoms with Crippen LogP contribution >= 0.6 is 0 Å². The first-order valence-corrected chi connectivity index (χ1v) is 8.07. The Labute approximate surface area is 123 Å². The molecule has 0 saturated carbocycles. The summed E-state index contributed by atoms with van der Waals surface area (Å²) in [5, 5.41) is 3.73. The average Bonchev–Trinajstić information content (AvgIpc) is 2.90. The van der Waals surface area contributed by atoms with Gasteiger partial charge in [-0.3, -0.25) is 0 Å². The number of fused-ring (bicyclic) bond motifs is 1. The molecule has 2 unspecified atom stereocenters. The lowest BCUT2D eigenvalue weighted by atomic mass is 9.99. The summed E-state index contributed by atoms with van der Waals surface area (Å²) in [4.78, 5) is 0. The molecule has 1 aliphatic rings. The molecule has 0 bridgehead atoms. The van der Waals surface area contributed by atoms with Gasteiger partial charge < -0.3 is 10.1 Å². The second kappa shape index (κ2) is 7.24. The zero-order valence-electron chi connectivity index (χ0n) is 13.4. The molecule has 1 aliphatic carbocycles. The fourth-order valence-electron chi connectivity index (χ4n) is 2.96. The monoisotopic (exact) mass is 275 g/mol. The van der Waals surface area contributed by atoms with Crippen molar-refractivity contribution in [3.05, 3.63) is 34.9 Å². The summed E-state index contributed by atoms with van der Waals surface area (Å²) in [6.45, 7) is 10.4. The number of hydrogen-bond donors (Lipinski definition) is 1. The zero-order chi connectivity index (χ0) is 14.5. The highest BCUT2D eigenvalue weighted by Gasteiger charge is 2.18. The normalized spacial score (nSPS) is 17.2. The number of aryl methyl sites for hydroxylation is 2. The summed E-state index contributed by atoms with van der Waals surface area (Å²) in [7, 11) is 0. The third-order valence-corrected chi connectivity index (χ3v) is 4.39. The van der Waals surface area contributed by atoms with Gasteiger partial charge in [-0.2, -0.15) is 0 Å². The van der Waals surface area contributed by atoms with Crippen molar-refractivity contribution in [2.45, 2.75) is 59.0 Å². The van der Waals surface area contributed by atoms with Crippen molar-refractivity contribution in [3.63, 3.8) is 0 Å². The van der Waals surface area contributed by atoms with Crippen LogP contribution in [0.25, 0.3) is 0 Å². The largest absolute Gasteiger partial charge is 0.380 e. The van der Waals surface area contributed by atoms with E-state index >= 15 is 0 Å². The molecule has 0 saturated heterocycles. The van der Waals surface area contributed by atoms with E-state index in [-0.39, 0.29) is 0 Å². The highest BCUT2D eigenvalue weighted by Crippen LogP contribution is 2.25. The molecule has 2 heteroatoms. The Kier molecular flexibility index (Phi) is 5.62. The summed E-state index contributed by atoms with van der Waals surface area (Å²) in [5.74, 6) is 0.582. The van der Waals surface area contributed by atoms with Crippen LogP contribution in [0.2, 0.25) is 0 Å². The molecule has 0 heterocycles. The minimum absolute atomic E-state index is 0.383. The van der Waals surface area contributed by atoms with Gasteiger partial charge in [-0.1, -0.05) is 32.0 Å². The van der Waals surface area contributed by atoms with Crippen molar-refractivity contribution in [1.82, 2.24) is 5.32 Å². The van der Waals surface area contributed by atoms with Gasteiger partial charge in [0.2, 0.25) is 0 Å². The Morgan fingerprint density at radius 3 is 2.60 bits per heavy atom. The van der Waals surface area contributed by atoms with Crippen LogP contribution in [0.4, 0.5) is 0 Å². The van der Waals surface area contributed by atoms with Crippen molar-refractivity contribution >= 4 is 0 Å². The van der Waals surface area contributed by atoms with E-state index in [1.54, 1.807) is 11.1 Å². The summed E-state index contributed by atoms with van der Waals surface area (Å²) in [5.41, 5.74) is 4.52. The first-order valence-electron chi connectivity index (χ1n) is 8.07. The van der Waals surface area contributed by atoms with Gasteiger partial charge >= 0.3 is 0 Å². The Morgan fingerprint density at radius 2 is 1.90 bits per heavy atom.